The molecule has 0 bridgehead atoms. The normalized spacial score (nSPS) is 15.4. The van der Waals surface area contributed by atoms with Crippen molar-refractivity contribution in [2.45, 2.75) is 71.5 Å². The Labute approximate surface area is 88.7 Å². The van der Waals surface area contributed by atoms with E-state index in [1.54, 1.807) is 6.92 Å². The first-order chi connectivity index (χ1) is 6.68. The van der Waals surface area contributed by atoms with Crippen molar-refractivity contribution < 1.29 is 9.84 Å². The van der Waals surface area contributed by atoms with E-state index in [9.17, 15) is 0 Å². The van der Waals surface area contributed by atoms with Crippen LogP contribution < -0.4 is 0 Å². The molecule has 14 heavy (non-hydrogen) atoms. The lowest BCUT2D eigenvalue weighted by Gasteiger charge is -2.15. The van der Waals surface area contributed by atoms with Gasteiger partial charge in [0.25, 0.3) is 0 Å². The van der Waals surface area contributed by atoms with Gasteiger partial charge in [0, 0.05) is 6.61 Å². The third-order valence-corrected chi connectivity index (χ3v) is 2.56. The van der Waals surface area contributed by atoms with Crippen LogP contribution in [0.25, 0.3) is 0 Å². The quantitative estimate of drug-likeness (QED) is 0.582. The van der Waals surface area contributed by atoms with E-state index in [-0.39, 0.29) is 12.2 Å². The first-order valence-corrected chi connectivity index (χ1v) is 5.98. The molecule has 0 saturated heterocycles. The maximum absolute atomic E-state index is 9.17. The zero-order chi connectivity index (χ0) is 10.8. The Bertz CT molecular complexity index is 113. The van der Waals surface area contributed by atoms with Gasteiger partial charge in [0.05, 0.1) is 12.2 Å². The molecule has 0 fully saturated rings. The van der Waals surface area contributed by atoms with Crippen molar-refractivity contribution in [1.29, 1.82) is 0 Å². The molecular formula is C12H26O2. The summed E-state index contributed by atoms with van der Waals surface area (Å²) in [7, 11) is 0. The smallest absolute Gasteiger partial charge is 0.0803 e. The lowest BCUT2D eigenvalue weighted by Crippen LogP contribution is -2.23. The van der Waals surface area contributed by atoms with E-state index in [4.69, 9.17) is 9.84 Å². The third-order valence-electron chi connectivity index (χ3n) is 2.56. The molecule has 2 atom stereocenters. The van der Waals surface area contributed by atoms with Crippen LogP contribution in [0.15, 0.2) is 0 Å². The molecule has 0 aliphatic carbocycles. The fourth-order valence-electron chi connectivity index (χ4n) is 1.29. The van der Waals surface area contributed by atoms with E-state index in [1.807, 2.05) is 6.92 Å². The number of hydrogen-bond acceptors (Lipinski definition) is 2. The number of aliphatic hydroxyl groups excluding tert-OH is 1. The first kappa shape index (κ1) is 13.9. The molecule has 0 aliphatic rings. The Kier molecular flexibility index (Phi) is 9.42. The zero-order valence-corrected chi connectivity index (χ0v) is 9.96. The second kappa shape index (κ2) is 9.47. The maximum Gasteiger partial charge on any atom is 0.0803 e. The predicted octanol–water partition coefficient (Wildman–Crippen LogP) is 3.13. The zero-order valence-electron chi connectivity index (χ0n) is 9.96. The molecule has 0 radical (unpaired) electrons. The van der Waals surface area contributed by atoms with Crippen molar-refractivity contribution in [1.82, 2.24) is 0 Å². The Hall–Kier alpha value is -0.0800. The van der Waals surface area contributed by atoms with Gasteiger partial charge in [-0.2, -0.15) is 0 Å². The molecule has 0 heterocycles. The highest BCUT2D eigenvalue weighted by Gasteiger charge is 2.07. The molecule has 0 amide bonds. The van der Waals surface area contributed by atoms with Crippen molar-refractivity contribution in [3.63, 3.8) is 0 Å². The molecule has 0 aromatic rings. The fraction of sp³-hybridized carbons (Fsp3) is 1.00. The van der Waals surface area contributed by atoms with Gasteiger partial charge in [-0.1, -0.05) is 39.0 Å². The minimum absolute atomic E-state index is 0.0226. The standard InChI is InChI=1S/C12H26O2/c1-4-5-6-7-8-9-10-14-12(3)11(2)13/h11-13H,4-10H2,1-3H3/t11-,12-/m1/s1. The van der Waals surface area contributed by atoms with E-state index >= 15 is 0 Å². The number of ether oxygens (including phenoxy) is 1. The van der Waals surface area contributed by atoms with Crippen LogP contribution in [-0.2, 0) is 4.74 Å². The van der Waals surface area contributed by atoms with Crippen molar-refractivity contribution in [3.8, 4) is 0 Å². The molecule has 0 rings (SSSR count). The summed E-state index contributed by atoms with van der Waals surface area (Å²) < 4.78 is 5.46. The number of aliphatic hydroxyl groups is 1. The summed E-state index contributed by atoms with van der Waals surface area (Å²) >= 11 is 0. The van der Waals surface area contributed by atoms with Crippen molar-refractivity contribution >= 4 is 0 Å². The molecule has 2 nitrogen and oxygen atoms in total. The number of hydrogen-bond donors (Lipinski definition) is 1. The molecular weight excluding hydrogens is 176 g/mol. The fourth-order valence-corrected chi connectivity index (χ4v) is 1.29. The summed E-state index contributed by atoms with van der Waals surface area (Å²) in [6, 6.07) is 0. The minimum Gasteiger partial charge on any atom is -0.391 e. The Morgan fingerprint density at radius 2 is 1.57 bits per heavy atom. The summed E-state index contributed by atoms with van der Waals surface area (Å²) in [4.78, 5) is 0. The average Bonchev–Trinajstić information content (AvgIpc) is 2.16. The molecule has 0 saturated carbocycles. The van der Waals surface area contributed by atoms with Crippen LogP contribution in [0.3, 0.4) is 0 Å². The minimum atomic E-state index is -0.352. The van der Waals surface area contributed by atoms with Gasteiger partial charge in [-0.25, -0.2) is 0 Å². The van der Waals surface area contributed by atoms with Gasteiger partial charge in [-0.3, -0.25) is 0 Å². The van der Waals surface area contributed by atoms with Gasteiger partial charge in [-0.05, 0) is 20.3 Å². The van der Waals surface area contributed by atoms with Crippen LogP contribution >= 0.6 is 0 Å². The largest absolute Gasteiger partial charge is 0.391 e. The SMILES string of the molecule is CCCCCCCCO[C@H](C)[C@@H](C)O. The Morgan fingerprint density at radius 1 is 1.00 bits per heavy atom. The maximum atomic E-state index is 9.17. The van der Waals surface area contributed by atoms with Gasteiger partial charge in [0.1, 0.15) is 0 Å². The van der Waals surface area contributed by atoms with E-state index in [0.717, 1.165) is 13.0 Å². The molecule has 0 aromatic carbocycles. The number of unbranched alkanes of at least 4 members (excludes halogenated alkanes) is 5. The topological polar surface area (TPSA) is 29.5 Å². The Morgan fingerprint density at radius 3 is 2.14 bits per heavy atom. The van der Waals surface area contributed by atoms with Crippen molar-refractivity contribution in [2.75, 3.05) is 6.61 Å². The molecule has 0 unspecified atom stereocenters. The van der Waals surface area contributed by atoms with Crippen LogP contribution in [0.2, 0.25) is 0 Å². The summed E-state index contributed by atoms with van der Waals surface area (Å²) in [5.41, 5.74) is 0. The first-order valence-electron chi connectivity index (χ1n) is 5.98. The van der Waals surface area contributed by atoms with Crippen molar-refractivity contribution in [2.24, 2.45) is 0 Å². The van der Waals surface area contributed by atoms with E-state index in [0.29, 0.717) is 0 Å². The molecule has 86 valence electrons. The van der Waals surface area contributed by atoms with Gasteiger partial charge in [-0.15, -0.1) is 0 Å². The van der Waals surface area contributed by atoms with Gasteiger partial charge in [0.15, 0.2) is 0 Å². The summed E-state index contributed by atoms with van der Waals surface area (Å²) in [6.45, 7) is 6.71. The second-order valence-corrected chi connectivity index (χ2v) is 4.08. The Balaban J connectivity index is 3.06. The molecule has 0 spiro atoms. The second-order valence-electron chi connectivity index (χ2n) is 4.08. The van der Waals surface area contributed by atoms with Crippen LogP contribution in [-0.4, -0.2) is 23.9 Å². The van der Waals surface area contributed by atoms with Crippen LogP contribution in [0.5, 0.6) is 0 Å². The summed E-state index contributed by atoms with van der Waals surface area (Å²) in [5, 5.41) is 9.17. The van der Waals surface area contributed by atoms with Crippen molar-refractivity contribution in [3.05, 3.63) is 0 Å². The highest BCUT2D eigenvalue weighted by molar-refractivity contribution is 4.56. The van der Waals surface area contributed by atoms with Gasteiger partial charge in [0.2, 0.25) is 0 Å². The monoisotopic (exact) mass is 202 g/mol. The summed E-state index contributed by atoms with van der Waals surface area (Å²) in [5.74, 6) is 0. The number of rotatable bonds is 9. The van der Waals surface area contributed by atoms with Gasteiger partial charge < -0.3 is 9.84 Å². The lowest BCUT2D eigenvalue weighted by atomic mass is 10.1. The molecule has 2 heteroatoms. The third kappa shape index (κ3) is 8.52. The van der Waals surface area contributed by atoms with E-state index < -0.39 is 0 Å². The lowest BCUT2D eigenvalue weighted by molar-refractivity contribution is -0.0194. The van der Waals surface area contributed by atoms with E-state index in [1.165, 1.54) is 32.1 Å². The average molecular weight is 202 g/mol. The van der Waals surface area contributed by atoms with Gasteiger partial charge >= 0.3 is 0 Å². The highest BCUT2D eigenvalue weighted by atomic mass is 16.5. The molecule has 0 aliphatic heterocycles. The molecule has 0 aromatic heterocycles. The van der Waals surface area contributed by atoms with E-state index in [2.05, 4.69) is 6.92 Å². The van der Waals surface area contributed by atoms with Crippen LogP contribution in [0.1, 0.15) is 59.3 Å². The van der Waals surface area contributed by atoms with Crippen LogP contribution in [0, 0.1) is 0 Å². The highest BCUT2D eigenvalue weighted by Crippen LogP contribution is 2.06. The molecule has 1 N–H and O–H groups in total. The predicted molar refractivity (Wildman–Crippen MR) is 60.5 cm³/mol. The van der Waals surface area contributed by atoms with Crippen LogP contribution in [0.4, 0.5) is 0 Å². The summed E-state index contributed by atoms with van der Waals surface area (Å²) in [6.07, 6.45) is 7.33.